The van der Waals surface area contributed by atoms with Crippen LogP contribution in [0.4, 0.5) is 0 Å². The quantitative estimate of drug-likeness (QED) is 0.852. The highest BCUT2D eigenvalue weighted by Crippen LogP contribution is 2.39. The maximum absolute atomic E-state index is 6.20. The smallest absolute Gasteiger partial charge is 0.402 e. The number of hydrogen-bond donors (Lipinski definition) is 1. The zero-order valence-corrected chi connectivity index (χ0v) is 12.7. The van der Waals surface area contributed by atoms with Gasteiger partial charge in [0.25, 0.3) is 0 Å². The van der Waals surface area contributed by atoms with Crippen LogP contribution in [0.1, 0.15) is 39.2 Å². The average molecular weight is 313 g/mol. The van der Waals surface area contributed by atoms with Gasteiger partial charge in [-0.15, -0.1) is 0 Å². The summed E-state index contributed by atoms with van der Waals surface area (Å²) in [6.07, 6.45) is 3.46. The second-order valence-corrected chi connectivity index (χ2v) is 6.50. The van der Waals surface area contributed by atoms with Crippen molar-refractivity contribution in [3.05, 3.63) is 28.5 Å². The molecule has 2 heterocycles. The van der Waals surface area contributed by atoms with Crippen molar-refractivity contribution in [2.45, 2.75) is 44.8 Å². The van der Waals surface area contributed by atoms with Crippen molar-refractivity contribution in [1.82, 2.24) is 4.98 Å². The van der Waals surface area contributed by atoms with Gasteiger partial charge in [0.2, 0.25) is 0 Å². The van der Waals surface area contributed by atoms with Crippen LogP contribution in [0, 0.1) is 0 Å². The molecule has 0 saturated carbocycles. The Balaban J connectivity index is 2.20. The largest absolute Gasteiger partial charge is 0.480 e. The van der Waals surface area contributed by atoms with Crippen LogP contribution in [0.15, 0.2) is 22.9 Å². The van der Waals surface area contributed by atoms with Crippen LogP contribution in [-0.4, -0.2) is 23.3 Å². The molecule has 1 atom stereocenters. The summed E-state index contributed by atoms with van der Waals surface area (Å²) < 4.78 is 12.8. The van der Waals surface area contributed by atoms with Gasteiger partial charge in [-0.25, -0.2) is 0 Å². The van der Waals surface area contributed by atoms with Crippen molar-refractivity contribution in [2.24, 2.45) is 5.73 Å². The standard InChI is InChI=1S/C12H18BBrN2O2/c1-11(2)12(3,4)18-13(17-11)10(15)8-5-9(14)7-16-6-8/h5-7,10H,15H2,1-4H3/t10-/m1/s1. The van der Waals surface area contributed by atoms with Crippen LogP contribution in [0.5, 0.6) is 0 Å². The van der Waals surface area contributed by atoms with Crippen LogP contribution in [0.2, 0.25) is 0 Å². The first-order chi connectivity index (χ1) is 8.23. The molecule has 1 aliphatic heterocycles. The highest BCUT2D eigenvalue weighted by Gasteiger charge is 2.53. The fourth-order valence-corrected chi connectivity index (χ4v) is 2.19. The summed E-state index contributed by atoms with van der Waals surface area (Å²) in [6, 6.07) is 1.93. The average Bonchev–Trinajstić information content (AvgIpc) is 2.47. The zero-order valence-electron chi connectivity index (χ0n) is 11.1. The second kappa shape index (κ2) is 4.60. The minimum absolute atomic E-state index is 0.351. The first-order valence-corrected chi connectivity index (χ1v) is 6.74. The Morgan fingerprint density at radius 1 is 1.22 bits per heavy atom. The van der Waals surface area contributed by atoms with E-state index in [0.29, 0.717) is 0 Å². The number of nitrogens with zero attached hydrogens (tertiary/aromatic N) is 1. The lowest BCUT2D eigenvalue weighted by Crippen LogP contribution is -2.41. The molecule has 1 saturated heterocycles. The van der Waals surface area contributed by atoms with Gasteiger partial charge in [0.05, 0.1) is 17.1 Å². The van der Waals surface area contributed by atoms with E-state index in [4.69, 9.17) is 15.0 Å². The van der Waals surface area contributed by atoms with E-state index < -0.39 is 7.12 Å². The van der Waals surface area contributed by atoms with Crippen molar-refractivity contribution in [3.8, 4) is 0 Å². The van der Waals surface area contributed by atoms with Gasteiger partial charge in [-0.1, -0.05) is 0 Å². The number of halogens is 1. The summed E-state index contributed by atoms with van der Waals surface area (Å²) >= 11 is 3.38. The zero-order chi connectivity index (χ0) is 13.6. The molecule has 6 heteroatoms. The summed E-state index contributed by atoms with van der Waals surface area (Å²) in [4.78, 5) is 4.11. The molecule has 0 amide bonds. The summed E-state index contributed by atoms with van der Waals surface area (Å²) in [5.41, 5.74) is 6.36. The lowest BCUT2D eigenvalue weighted by Gasteiger charge is -2.32. The number of rotatable bonds is 2. The summed E-state index contributed by atoms with van der Waals surface area (Å²) in [7, 11) is -0.453. The monoisotopic (exact) mass is 312 g/mol. The van der Waals surface area contributed by atoms with E-state index in [1.807, 2.05) is 33.8 Å². The van der Waals surface area contributed by atoms with Crippen LogP contribution < -0.4 is 5.73 Å². The highest BCUT2D eigenvalue weighted by molar-refractivity contribution is 9.10. The number of hydrogen-bond acceptors (Lipinski definition) is 4. The Hall–Kier alpha value is -0.425. The van der Waals surface area contributed by atoms with Crippen molar-refractivity contribution in [2.75, 3.05) is 0 Å². The molecule has 98 valence electrons. The molecule has 4 nitrogen and oxygen atoms in total. The lowest BCUT2D eigenvalue weighted by atomic mass is 9.75. The SMILES string of the molecule is CC1(C)OB([C@H](N)c2cncc(Br)c2)OC1(C)C. The van der Waals surface area contributed by atoms with Gasteiger partial charge >= 0.3 is 7.12 Å². The van der Waals surface area contributed by atoms with Crippen molar-refractivity contribution < 1.29 is 9.31 Å². The maximum Gasteiger partial charge on any atom is 0.480 e. The molecule has 2 N–H and O–H groups in total. The van der Waals surface area contributed by atoms with Crippen molar-refractivity contribution in [1.29, 1.82) is 0 Å². The molecule has 18 heavy (non-hydrogen) atoms. The summed E-state index contributed by atoms with van der Waals surface area (Å²) in [5.74, 6) is -0.351. The molecule has 0 unspecified atom stereocenters. The minimum atomic E-state index is -0.453. The Bertz CT molecular complexity index is 437. The number of aromatic nitrogens is 1. The van der Waals surface area contributed by atoms with E-state index in [1.54, 1.807) is 12.4 Å². The number of nitrogens with two attached hydrogens (primary N) is 1. The van der Waals surface area contributed by atoms with E-state index in [1.165, 1.54) is 0 Å². The lowest BCUT2D eigenvalue weighted by molar-refractivity contribution is 0.00578. The predicted molar refractivity (Wildman–Crippen MR) is 74.9 cm³/mol. The molecular weight excluding hydrogens is 295 g/mol. The normalized spacial score (nSPS) is 23.1. The van der Waals surface area contributed by atoms with Gasteiger partial charge in [0.15, 0.2) is 0 Å². The Kier molecular flexibility index (Phi) is 3.57. The van der Waals surface area contributed by atoms with Crippen molar-refractivity contribution in [3.63, 3.8) is 0 Å². The van der Waals surface area contributed by atoms with Crippen LogP contribution in [-0.2, 0) is 9.31 Å². The molecule has 1 aliphatic rings. The van der Waals surface area contributed by atoms with Gasteiger partial charge < -0.3 is 15.0 Å². The third kappa shape index (κ3) is 2.47. The first kappa shape index (κ1) is 14.0. The molecule has 1 aromatic heterocycles. The number of pyridine rings is 1. The van der Waals surface area contributed by atoms with Gasteiger partial charge in [-0.3, -0.25) is 4.98 Å². The third-order valence-electron chi connectivity index (χ3n) is 3.68. The maximum atomic E-state index is 6.20. The second-order valence-electron chi connectivity index (χ2n) is 5.59. The molecular formula is C12H18BBrN2O2. The first-order valence-electron chi connectivity index (χ1n) is 5.95. The van der Waals surface area contributed by atoms with Gasteiger partial charge in [-0.2, -0.15) is 0 Å². The van der Waals surface area contributed by atoms with Gasteiger partial charge in [0.1, 0.15) is 0 Å². The van der Waals surface area contributed by atoms with Crippen LogP contribution in [0.25, 0.3) is 0 Å². The molecule has 1 aromatic rings. The molecule has 0 spiro atoms. The van der Waals surface area contributed by atoms with E-state index in [9.17, 15) is 0 Å². The van der Waals surface area contributed by atoms with Crippen LogP contribution in [0.3, 0.4) is 0 Å². The third-order valence-corrected chi connectivity index (χ3v) is 4.11. The Labute approximate surface area is 117 Å². The highest BCUT2D eigenvalue weighted by atomic mass is 79.9. The van der Waals surface area contributed by atoms with Gasteiger partial charge in [0, 0.05) is 16.9 Å². The molecule has 0 bridgehead atoms. The minimum Gasteiger partial charge on any atom is -0.402 e. The fraction of sp³-hybridized carbons (Fsp3) is 0.583. The van der Waals surface area contributed by atoms with Gasteiger partial charge in [-0.05, 0) is 55.3 Å². The fourth-order valence-electron chi connectivity index (χ4n) is 1.80. The van der Waals surface area contributed by atoms with E-state index in [2.05, 4.69) is 20.9 Å². The summed E-state index contributed by atoms with van der Waals surface area (Å²) in [6.45, 7) is 8.05. The van der Waals surface area contributed by atoms with E-state index in [0.717, 1.165) is 10.0 Å². The Morgan fingerprint density at radius 2 is 1.78 bits per heavy atom. The predicted octanol–water partition coefficient (Wildman–Crippen LogP) is 2.48. The summed E-state index contributed by atoms with van der Waals surface area (Å²) in [5, 5.41) is 0. The molecule has 1 fully saturated rings. The van der Waals surface area contributed by atoms with E-state index in [-0.39, 0.29) is 17.1 Å². The van der Waals surface area contributed by atoms with Crippen LogP contribution >= 0.6 is 15.9 Å². The van der Waals surface area contributed by atoms with Crippen molar-refractivity contribution >= 4 is 23.0 Å². The molecule has 0 aliphatic carbocycles. The molecule has 0 radical (unpaired) electrons. The van der Waals surface area contributed by atoms with E-state index >= 15 is 0 Å². The molecule has 2 rings (SSSR count). The molecule has 0 aromatic carbocycles. The topological polar surface area (TPSA) is 57.4 Å². The Morgan fingerprint density at radius 3 is 2.28 bits per heavy atom.